The predicted octanol–water partition coefficient (Wildman–Crippen LogP) is 1.95. The zero-order valence-corrected chi connectivity index (χ0v) is 14.4. The minimum absolute atomic E-state index is 0.387. The molecule has 23 heavy (non-hydrogen) atoms. The normalized spacial score (nSPS) is 18.9. The fourth-order valence-electron chi connectivity index (χ4n) is 3.44. The fraction of sp³-hybridized carbons (Fsp3) is 0.688. The van der Waals surface area contributed by atoms with E-state index in [9.17, 15) is 0 Å². The molecule has 126 valence electrons. The standard InChI is InChI=1S/C16H25N5O2/c1-11-16(12(2)20(3)18-11)13-6-5-8-21(13)10-15-17-14(19-23-15)7-9-22-4/h13H,5-10H2,1-4H3/t13-/m1/s1. The number of aromatic nitrogens is 4. The molecule has 0 aromatic carbocycles. The topological polar surface area (TPSA) is 69.2 Å². The third-order valence-corrected chi connectivity index (χ3v) is 4.64. The zero-order chi connectivity index (χ0) is 16.4. The van der Waals surface area contributed by atoms with Crippen molar-refractivity contribution < 1.29 is 9.26 Å². The Morgan fingerprint density at radius 1 is 1.35 bits per heavy atom. The summed E-state index contributed by atoms with van der Waals surface area (Å²) in [5.74, 6) is 1.40. The van der Waals surface area contributed by atoms with E-state index in [1.54, 1.807) is 7.11 Å². The van der Waals surface area contributed by atoms with Crippen molar-refractivity contribution >= 4 is 0 Å². The lowest BCUT2D eigenvalue weighted by Crippen LogP contribution is -2.23. The third-order valence-electron chi connectivity index (χ3n) is 4.64. The van der Waals surface area contributed by atoms with Crippen LogP contribution in [-0.4, -0.2) is 45.1 Å². The summed E-state index contributed by atoms with van der Waals surface area (Å²) < 4.78 is 12.4. The van der Waals surface area contributed by atoms with Crippen molar-refractivity contribution in [2.75, 3.05) is 20.3 Å². The van der Waals surface area contributed by atoms with Crippen LogP contribution in [0.2, 0.25) is 0 Å². The van der Waals surface area contributed by atoms with Crippen LogP contribution in [0, 0.1) is 13.8 Å². The second-order valence-corrected chi connectivity index (χ2v) is 6.18. The Morgan fingerprint density at radius 2 is 2.17 bits per heavy atom. The molecule has 1 saturated heterocycles. The van der Waals surface area contributed by atoms with E-state index in [1.807, 2.05) is 11.7 Å². The Morgan fingerprint density at radius 3 is 2.87 bits per heavy atom. The van der Waals surface area contributed by atoms with E-state index in [0.717, 1.165) is 18.7 Å². The average Bonchev–Trinajstić information content (AvgIpc) is 3.20. The predicted molar refractivity (Wildman–Crippen MR) is 84.9 cm³/mol. The van der Waals surface area contributed by atoms with Crippen LogP contribution in [0.1, 0.15) is 47.5 Å². The highest BCUT2D eigenvalue weighted by molar-refractivity contribution is 5.29. The Bertz CT molecular complexity index is 663. The molecule has 0 radical (unpaired) electrons. The average molecular weight is 319 g/mol. The Kier molecular flexibility index (Phi) is 4.77. The van der Waals surface area contributed by atoms with Crippen LogP contribution in [0.15, 0.2) is 4.52 Å². The lowest BCUT2D eigenvalue weighted by Gasteiger charge is -2.23. The van der Waals surface area contributed by atoms with Crippen molar-refractivity contribution in [1.29, 1.82) is 0 Å². The van der Waals surface area contributed by atoms with Gasteiger partial charge in [0.2, 0.25) is 5.89 Å². The van der Waals surface area contributed by atoms with Crippen molar-refractivity contribution in [2.24, 2.45) is 7.05 Å². The molecule has 3 rings (SSSR count). The highest BCUT2D eigenvalue weighted by atomic mass is 16.5. The number of methoxy groups -OCH3 is 1. The van der Waals surface area contributed by atoms with Crippen LogP contribution < -0.4 is 0 Å². The molecule has 0 spiro atoms. The second-order valence-electron chi connectivity index (χ2n) is 6.18. The number of hydrogen-bond donors (Lipinski definition) is 0. The molecule has 0 aliphatic carbocycles. The van der Waals surface area contributed by atoms with Crippen molar-refractivity contribution in [1.82, 2.24) is 24.8 Å². The van der Waals surface area contributed by atoms with Gasteiger partial charge in [0.05, 0.1) is 18.8 Å². The quantitative estimate of drug-likeness (QED) is 0.810. The van der Waals surface area contributed by atoms with Gasteiger partial charge in [-0.25, -0.2) is 0 Å². The molecule has 1 aliphatic rings. The van der Waals surface area contributed by atoms with Gasteiger partial charge in [0.15, 0.2) is 5.82 Å². The minimum Gasteiger partial charge on any atom is -0.384 e. The highest BCUT2D eigenvalue weighted by Gasteiger charge is 2.31. The van der Waals surface area contributed by atoms with Gasteiger partial charge in [-0.1, -0.05) is 5.16 Å². The Labute approximate surface area is 136 Å². The summed E-state index contributed by atoms with van der Waals surface area (Å²) in [4.78, 5) is 6.89. The van der Waals surface area contributed by atoms with Gasteiger partial charge in [-0.2, -0.15) is 10.1 Å². The van der Waals surface area contributed by atoms with Gasteiger partial charge in [0, 0.05) is 37.9 Å². The van der Waals surface area contributed by atoms with Crippen LogP contribution in [0.5, 0.6) is 0 Å². The van der Waals surface area contributed by atoms with Crippen LogP contribution in [-0.2, 0) is 24.8 Å². The molecule has 2 aromatic heterocycles. The van der Waals surface area contributed by atoms with E-state index < -0.39 is 0 Å². The van der Waals surface area contributed by atoms with Crippen molar-refractivity contribution in [2.45, 2.75) is 45.7 Å². The van der Waals surface area contributed by atoms with Crippen molar-refractivity contribution in [3.63, 3.8) is 0 Å². The fourth-order valence-corrected chi connectivity index (χ4v) is 3.44. The molecular weight excluding hydrogens is 294 g/mol. The molecular formula is C16H25N5O2. The van der Waals surface area contributed by atoms with E-state index in [0.29, 0.717) is 37.3 Å². The molecule has 7 heteroatoms. The first-order valence-electron chi connectivity index (χ1n) is 8.14. The van der Waals surface area contributed by atoms with Crippen LogP contribution in [0.3, 0.4) is 0 Å². The molecule has 3 heterocycles. The lowest BCUT2D eigenvalue weighted by molar-refractivity contribution is 0.199. The smallest absolute Gasteiger partial charge is 0.240 e. The van der Waals surface area contributed by atoms with Crippen LogP contribution >= 0.6 is 0 Å². The summed E-state index contributed by atoms with van der Waals surface area (Å²) in [6.45, 7) is 6.59. The number of likely N-dealkylation sites (tertiary alicyclic amines) is 1. The van der Waals surface area contributed by atoms with Gasteiger partial charge in [-0.05, 0) is 33.2 Å². The molecule has 0 unspecified atom stereocenters. The number of hydrogen-bond acceptors (Lipinski definition) is 6. The van der Waals surface area contributed by atoms with Crippen molar-refractivity contribution in [3.8, 4) is 0 Å². The number of rotatable bonds is 6. The number of aryl methyl sites for hydroxylation is 2. The lowest BCUT2D eigenvalue weighted by atomic mass is 10.0. The summed E-state index contributed by atoms with van der Waals surface area (Å²) in [5.41, 5.74) is 3.71. The first kappa shape index (κ1) is 16.1. The molecule has 1 fully saturated rings. The highest BCUT2D eigenvalue weighted by Crippen LogP contribution is 2.36. The van der Waals surface area contributed by atoms with Gasteiger partial charge in [-0.15, -0.1) is 0 Å². The monoisotopic (exact) mass is 319 g/mol. The largest absolute Gasteiger partial charge is 0.384 e. The minimum atomic E-state index is 0.387. The van der Waals surface area contributed by atoms with E-state index in [4.69, 9.17) is 9.26 Å². The molecule has 7 nitrogen and oxygen atoms in total. The first-order chi connectivity index (χ1) is 11.1. The zero-order valence-electron chi connectivity index (χ0n) is 14.4. The van der Waals surface area contributed by atoms with Crippen molar-refractivity contribution in [3.05, 3.63) is 28.7 Å². The molecule has 1 atom stereocenters. The van der Waals surface area contributed by atoms with Gasteiger partial charge in [0.1, 0.15) is 0 Å². The van der Waals surface area contributed by atoms with Crippen LogP contribution in [0.4, 0.5) is 0 Å². The van der Waals surface area contributed by atoms with Gasteiger partial charge in [-0.3, -0.25) is 9.58 Å². The van der Waals surface area contributed by atoms with Gasteiger partial charge in [0.25, 0.3) is 0 Å². The molecule has 2 aromatic rings. The maximum Gasteiger partial charge on any atom is 0.240 e. The summed E-state index contributed by atoms with van der Waals surface area (Å²) in [7, 11) is 3.68. The number of ether oxygens (including phenoxy) is 1. The number of nitrogens with zero attached hydrogens (tertiary/aromatic N) is 5. The molecule has 0 amide bonds. The van der Waals surface area contributed by atoms with E-state index in [2.05, 4.69) is 34.0 Å². The Balaban J connectivity index is 1.73. The van der Waals surface area contributed by atoms with Gasteiger partial charge >= 0.3 is 0 Å². The maximum absolute atomic E-state index is 5.39. The Hall–Kier alpha value is -1.73. The van der Waals surface area contributed by atoms with E-state index in [-0.39, 0.29) is 0 Å². The van der Waals surface area contributed by atoms with E-state index in [1.165, 1.54) is 17.7 Å². The molecule has 0 saturated carbocycles. The molecule has 1 aliphatic heterocycles. The summed E-state index contributed by atoms with van der Waals surface area (Å²) in [6, 6.07) is 0.387. The SMILES string of the molecule is COCCc1noc(CN2CCC[C@@H]2c2c(C)nn(C)c2C)n1. The summed E-state index contributed by atoms with van der Waals surface area (Å²) in [6.07, 6.45) is 3.02. The third kappa shape index (κ3) is 3.30. The summed E-state index contributed by atoms with van der Waals surface area (Å²) >= 11 is 0. The molecule has 0 bridgehead atoms. The maximum atomic E-state index is 5.39. The van der Waals surface area contributed by atoms with Gasteiger partial charge < -0.3 is 9.26 Å². The second kappa shape index (κ2) is 6.80. The summed E-state index contributed by atoms with van der Waals surface area (Å²) in [5, 5.41) is 8.58. The van der Waals surface area contributed by atoms with Crippen LogP contribution in [0.25, 0.3) is 0 Å². The van der Waals surface area contributed by atoms with E-state index >= 15 is 0 Å². The molecule has 0 N–H and O–H groups in total. The first-order valence-corrected chi connectivity index (χ1v) is 8.14.